The third-order valence-corrected chi connectivity index (χ3v) is 5.02. The Morgan fingerprint density at radius 2 is 2.18 bits per heavy atom. The van der Waals surface area contributed by atoms with E-state index < -0.39 is 0 Å². The summed E-state index contributed by atoms with van der Waals surface area (Å²) < 4.78 is 11.0. The maximum Gasteiger partial charge on any atom is 0.327 e. The Morgan fingerprint density at radius 3 is 2.95 bits per heavy atom. The summed E-state index contributed by atoms with van der Waals surface area (Å²) in [6.45, 7) is 4.75. The Morgan fingerprint density at radius 1 is 1.36 bits per heavy atom. The lowest BCUT2D eigenvalue weighted by Crippen LogP contribution is -2.49. The summed E-state index contributed by atoms with van der Waals surface area (Å²) in [6, 6.07) is 7.81. The highest BCUT2D eigenvalue weighted by atomic mass is 16.5. The van der Waals surface area contributed by atoms with Gasteiger partial charge in [-0.2, -0.15) is 0 Å². The fourth-order valence-electron chi connectivity index (χ4n) is 3.83. The van der Waals surface area contributed by atoms with Gasteiger partial charge in [0, 0.05) is 19.7 Å². The largest absolute Gasteiger partial charge is 0.468 e. The average molecular weight is 303 g/mol. The molecule has 4 heteroatoms. The summed E-state index contributed by atoms with van der Waals surface area (Å²) in [7, 11) is 1.48. The molecule has 2 saturated heterocycles. The number of likely N-dealkylation sites (tertiary alicyclic amines) is 1. The predicted molar refractivity (Wildman–Crippen MR) is 84.6 cm³/mol. The zero-order valence-corrected chi connectivity index (χ0v) is 13.5. The Labute approximate surface area is 132 Å². The van der Waals surface area contributed by atoms with Crippen molar-refractivity contribution < 1.29 is 14.3 Å². The Kier molecular flexibility index (Phi) is 4.79. The molecule has 0 aliphatic carbocycles. The van der Waals surface area contributed by atoms with Crippen LogP contribution < -0.4 is 0 Å². The standard InChI is InChI=1S/C18H25NO3/c1-13-6-3-4-8-15(13)17(18(20)21-2)19-10-9-16-14(12-19)7-5-11-22-16/h3-4,6,8,14,16-17H,5,7,9-12H2,1-2H3/t14-,16+,17-/m0/s1. The fourth-order valence-corrected chi connectivity index (χ4v) is 3.83. The number of carbonyl (C=O) groups is 1. The molecule has 2 heterocycles. The van der Waals surface area contributed by atoms with Crippen molar-refractivity contribution in [3.05, 3.63) is 35.4 Å². The lowest BCUT2D eigenvalue weighted by atomic mass is 9.86. The van der Waals surface area contributed by atoms with Crippen molar-refractivity contribution in [2.75, 3.05) is 26.8 Å². The third kappa shape index (κ3) is 3.03. The molecule has 0 aromatic heterocycles. The molecule has 120 valence electrons. The Balaban J connectivity index is 1.84. The summed E-state index contributed by atoms with van der Waals surface area (Å²) in [5.74, 6) is 0.378. The van der Waals surface area contributed by atoms with E-state index in [2.05, 4.69) is 17.9 Å². The van der Waals surface area contributed by atoms with Gasteiger partial charge in [-0.3, -0.25) is 4.90 Å². The van der Waals surface area contributed by atoms with Crippen LogP contribution in [0.4, 0.5) is 0 Å². The number of methoxy groups -OCH3 is 1. The van der Waals surface area contributed by atoms with Gasteiger partial charge >= 0.3 is 5.97 Å². The average Bonchev–Trinajstić information content (AvgIpc) is 2.56. The first-order chi connectivity index (χ1) is 10.7. The Bertz CT molecular complexity index is 531. The van der Waals surface area contributed by atoms with Gasteiger partial charge in [-0.05, 0) is 43.2 Å². The smallest absolute Gasteiger partial charge is 0.327 e. The van der Waals surface area contributed by atoms with Crippen LogP contribution >= 0.6 is 0 Å². The van der Waals surface area contributed by atoms with Gasteiger partial charge in [0.2, 0.25) is 0 Å². The molecule has 0 saturated carbocycles. The first kappa shape index (κ1) is 15.5. The van der Waals surface area contributed by atoms with Crippen molar-refractivity contribution in [3.8, 4) is 0 Å². The molecule has 1 aromatic carbocycles. The summed E-state index contributed by atoms with van der Waals surface area (Å²) in [5, 5.41) is 0. The molecule has 2 aliphatic rings. The molecular weight excluding hydrogens is 278 g/mol. The maximum atomic E-state index is 12.4. The molecule has 1 aromatic rings. The molecule has 0 spiro atoms. The van der Waals surface area contributed by atoms with Crippen LogP contribution in [0.15, 0.2) is 24.3 Å². The summed E-state index contributed by atoms with van der Waals surface area (Å²) >= 11 is 0. The number of ether oxygens (including phenoxy) is 2. The third-order valence-electron chi connectivity index (χ3n) is 5.02. The van der Waals surface area contributed by atoms with Crippen LogP contribution in [0.5, 0.6) is 0 Å². The van der Waals surface area contributed by atoms with Crippen molar-refractivity contribution in [1.82, 2.24) is 4.90 Å². The van der Waals surface area contributed by atoms with Crippen LogP contribution in [0.2, 0.25) is 0 Å². The van der Waals surface area contributed by atoms with E-state index in [0.717, 1.165) is 43.7 Å². The normalized spacial score (nSPS) is 27.0. The minimum atomic E-state index is -0.297. The molecule has 2 fully saturated rings. The van der Waals surface area contributed by atoms with Crippen molar-refractivity contribution in [2.24, 2.45) is 5.92 Å². The number of piperidine rings is 1. The van der Waals surface area contributed by atoms with E-state index in [0.29, 0.717) is 12.0 Å². The monoisotopic (exact) mass is 303 g/mol. The van der Waals surface area contributed by atoms with E-state index >= 15 is 0 Å². The van der Waals surface area contributed by atoms with E-state index in [4.69, 9.17) is 9.47 Å². The van der Waals surface area contributed by atoms with Gasteiger partial charge in [-0.15, -0.1) is 0 Å². The zero-order valence-electron chi connectivity index (χ0n) is 13.5. The van der Waals surface area contributed by atoms with Crippen molar-refractivity contribution in [3.63, 3.8) is 0 Å². The fraction of sp³-hybridized carbons (Fsp3) is 0.611. The van der Waals surface area contributed by atoms with Gasteiger partial charge in [0.1, 0.15) is 6.04 Å². The quantitative estimate of drug-likeness (QED) is 0.805. The SMILES string of the molecule is COC(=O)[C@H](c1ccccc1C)N1CC[C@H]2OCCC[C@H]2C1. The predicted octanol–water partition coefficient (Wildman–Crippen LogP) is 2.71. The summed E-state index contributed by atoms with van der Waals surface area (Å²) in [5.41, 5.74) is 2.20. The second-order valence-corrected chi connectivity index (χ2v) is 6.38. The highest BCUT2D eigenvalue weighted by Crippen LogP contribution is 2.34. The van der Waals surface area contributed by atoms with Crippen molar-refractivity contribution >= 4 is 5.97 Å². The van der Waals surface area contributed by atoms with Gasteiger partial charge in [0.15, 0.2) is 0 Å². The first-order valence-electron chi connectivity index (χ1n) is 8.19. The van der Waals surface area contributed by atoms with Crippen molar-refractivity contribution in [2.45, 2.75) is 38.3 Å². The van der Waals surface area contributed by atoms with E-state index in [-0.39, 0.29) is 12.0 Å². The molecule has 3 rings (SSSR count). The van der Waals surface area contributed by atoms with E-state index in [9.17, 15) is 4.79 Å². The lowest BCUT2D eigenvalue weighted by molar-refractivity contribution is -0.150. The molecule has 22 heavy (non-hydrogen) atoms. The van der Waals surface area contributed by atoms with Crippen LogP contribution in [0, 0.1) is 12.8 Å². The molecule has 0 bridgehead atoms. The van der Waals surface area contributed by atoms with Crippen LogP contribution in [-0.4, -0.2) is 43.8 Å². The van der Waals surface area contributed by atoms with E-state index in [1.165, 1.54) is 13.5 Å². The van der Waals surface area contributed by atoms with Gasteiger partial charge < -0.3 is 9.47 Å². The molecule has 3 atom stereocenters. The molecule has 0 radical (unpaired) electrons. The molecule has 2 aliphatic heterocycles. The van der Waals surface area contributed by atoms with Gasteiger partial charge in [-0.1, -0.05) is 24.3 Å². The summed E-state index contributed by atoms with van der Waals surface area (Å²) in [4.78, 5) is 14.7. The number of esters is 1. The summed E-state index contributed by atoms with van der Waals surface area (Å²) in [6.07, 6.45) is 3.70. The van der Waals surface area contributed by atoms with Crippen molar-refractivity contribution in [1.29, 1.82) is 0 Å². The first-order valence-corrected chi connectivity index (χ1v) is 8.19. The number of aryl methyl sites for hydroxylation is 1. The second kappa shape index (κ2) is 6.80. The number of rotatable bonds is 3. The number of benzene rings is 1. The van der Waals surface area contributed by atoms with Crippen LogP contribution in [0.3, 0.4) is 0 Å². The number of nitrogens with zero attached hydrogens (tertiary/aromatic N) is 1. The number of hydrogen-bond donors (Lipinski definition) is 0. The Hall–Kier alpha value is -1.39. The van der Waals surface area contributed by atoms with Gasteiger partial charge in [0.05, 0.1) is 13.2 Å². The molecule has 0 N–H and O–H groups in total. The maximum absolute atomic E-state index is 12.4. The number of carbonyl (C=O) groups excluding carboxylic acids is 1. The highest BCUT2D eigenvalue weighted by Gasteiger charge is 2.38. The topological polar surface area (TPSA) is 38.8 Å². The van der Waals surface area contributed by atoms with E-state index in [1.807, 2.05) is 18.2 Å². The minimum Gasteiger partial charge on any atom is -0.468 e. The molecule has 0 amide bonds. The van der Waals surface area contributed by atoms with Gasteiger partial charge in [-0.25, -0.2) is 4.79 Å². The minimum absolute atomic E-state index is 0.163. The van der Waals surface area contributed by atoms with Crippen LogP contribution in [-0.2, 0) is 14.3 Å². The zero-order chi connectivity index (χ0) is 15.5. The number of fused-ring (bicyclic) bond motifs is 1. The highest BCUT2D eigenvalue weighted by molar-refractivity contribution is 5.78. The molecule has 0 unspecified atom stereocenters. The van der Waals surface area contributed by atoms with Crippen LogP contribution in [0.1, 0.15) is 36.4 Å². The molecule has 4 nitrogen and oxygen atoms in total. The number of hydrogen-bond acceptors (Lipinski definition) is 4. The molecular formula is C18H25NO3. The lowest BCUT2D eigenvalue weighted by Gasteiger charge is -2.43. The second-order valence-electron chi connectivity index (χ2n) is 6.38. The van der Waals surface area contributed by atoms with Gasteiger partial charge in [0.25, 0.3) is 0 Å². The van der Waals surface area contributed by atoms with Crippen LogP contribution in [0.25, 0.3) is 0 Å². The van der Waals surface area contributed by atoms with E-state index in [1.54, 1.807) is 0 Å².